The Bertz CT molecular complexity index is 496. The van der Waals surface area contributed by atoms with E-state index in [0.717, 1.165) is 16.7 Å². The van der Waals surface area contributed by atoms with Crippen molar-refractivity contribution < 1.29 is 14.7 Å². The molecule has 2 unspecified atom stereocenters. The molecule has 2 N–H and O–H groups in total. The van der Waals surface area contributed by atoms with Gasteiger partial charge in [-0.2, -0.15) is 0 Å². The van der Waals surface area contributed by atoms with Gasteiger partial charge in [0.1, 0.15) is 6.04 Å². The van der Waals surface area contributed by atoms with E-state index in [0.29, 0.717) is 6.42 Å². The molecule has 0 aromatic heterocycles. The van der Waals surface area contributed by atoms with Crippen LogP contribution in [0.1, 0.15) is 37.0 Å². The molecule has 4 nitrogen and oxygen atoms in total. The molecule has 0 saturated carbocycles. The van der Waals surface area contributed by atoms with Crippen LogP contribution in [0.25, 0.3) is 0 Å². The summed E-state index contributed by atoms with van der Waals surface area (Å²) in [5.74, 6) is -1.31. The Hall–Kier alpha value is -1.84. The van der Waals surface area contributed by atoms with Crippen LogP contribution in [0.15, 0.2) is 18.2 Å². The van der Waals surface area contributed by atoms with Crippen molar-refractivity contribution in [2.75, 3.05) is 0 Å². The zero-order chi connectivity index (χ0) is 15.3. The molecule has 0 radical (unpaired) electrons. The maximum Gasteiger partial charge on any atom is 0.326 e. The van der Waals surface area contributed by atoms with Gasteiger partial charge in [0.2, 0.25) is 5.91 Å². The second-order valence-electron chi connectivity index (χ2n) is 5.38. The molecule has 0 fully saturated rings. The standard InChI is InChI=1S/C16H23NO3/c1-5-11(3)15(16(19)20)17-14(18)9-13-8-10(2)6-7-12(13)4/h6-8,11,15H,5,9H2,1-4H3,(H,17,18)(H,19,20). The lowest BCUT2D eigenvalue weighted by Gasteiger charge is -2.20. The third-order valence-electron chi connectivity index (χ3n) is 3.65. The van der Waals surface area contributed by atoms with Crippen molar-refractivity contribution in [2.45, 2.75) is 46.6 Å². The first-order chi connectivity index (χ1) is 9.35. The van der Waals surface area contributed by atoms with Crippen molar-refractivity contribution >= 4 is 11.9 Å². The van der Waals surface area contributed by atoms with Crippen LogP contribution in [0.2, 0.25) is 0 Å². The van der Waals surface area contributed by atoms with Crippen LogP contribution in [0, 0.1) is 19.8 Å². The summed E-state index contributed by atoms with van der Waals surface area (Å²) in [5, 5.41) is 11.8. The minimum absolute atomic E-state index is 0.0879. The van der Waals surface area contributed by atoms with Gasteiger partial charge in [0.15, 0.2) is 0 Å². The van der Waals surface area contributed by atoms with Gasteiger partial charge >= 0.3 is 5.97 Å². The molecule has 110 valence electrons. The zero-order valence-electron chi connectivity index (χ0n) is 12.6. The van der Waals surface area contributed by atoms with Crippen LogP contribution < -0.4 is 5.32 Å². The average molecular weight is 277 g/mol. The second-order valence-corrected chi connectivity index (χ2v) is 5.38. The summed E-state index contributed by atoms with van der Waals surface area (Å²) in [4.78, 5) is 23.2. The maximum atomic E-state index is 12.0. The van der Waals surface area contributed by atoms with Gasteiger partial charge < -0.3 is 10.4 Å². The van der Waals surface area contributed by atoms with Crippen molar-refractivity contribution in [1.29, 1.82) is 0 Å². The highest BCUT2D eigenvalue weighted by atomic mass is 16.4. The Labute approximate surface area is 120 Å². The van der Waals surface area contributed by atoms with Crippen molar-refractivity contribution in [3.8, 4) is 0 Å². The molecule has 1 rings (SSSR count). The first kappa shape index (κ1) is 16.2. The summed E-state index contributed by atoms with van der Waals surface area (Å²) in [5.41, 5.74) is 3.08. The molecule has 1 aromatic rings. The summed E-state index contributed by atoms with van der Waals surface area (Å²) >= 11 is 0. The SMILES string of the molecule is CCC(C)C(NC(=O)Cc1cc(C)ccc1C)C(=O)O. The fourth-order valence-electron chi connectivity index (χ4n) is 2.07. The Morgan fingerprint density at radius 3 is 2.50 bits per heavy atom. The first-order valence-corrected chi connectivity index (χ1v) is 6.93. The topological polar surface area (TPSA) is 66.4 Å². The van der Waals surface area contributed by atoms with E-state index in [1.54, 1.807) is 0 Å². The van der Waals surface area contributed by atoms with Crippen molar-refractivity contribution in [3.63, 3.8) is 0 Å². The van der Waals surface area contributed by atoms with Crippen LogP contribution in [0.4, 0.5) is 0 Å². The summed E-state index contributed by atoms with van der Waals surface area (Å²) in [6.07, 6.45) is 0.925. The number of carboxylic acids is 1. The van der Waals surface area contributed by atoms with Gasteiger partial charge in [-0.15, -0.1) is 0 Å². The van der Waals surface area contributed by atoms with Gasteiger partial charge in [-0.25, -0.2) is 4.79 Å². The number of carboxylic acid groups (broad SMARTS) is 1. The molecular formula is C16H23NO3. The van der Waals surface area contributed by atoms with E-state index in [2.05, 4.69) is 5.32 Å². The number of amides is 1. The van der Waals surface area contributed by atoms with E-state index >= 15 is 0 Å². The molecule has 20 heavy (non-hydrogen) atoms. The van der Waals surface area contributed by atoms with Crippen LogP contribution >= 0.6 is 0 Å². The lowest BCUT2D eigenvalue weighted by atomic mass is 9.98. The van der Waals surface area contributed by atoms with Crippen LogP contribution in [-0.2, 0) is 16.0 Å². The number of aliphatic carboxylic acids is 1. The van der Waals surface area contributed by atoms with Crippen molar-refractivity contribution in [2.24, 2.45) is 5.92 Å². The fraction of sp³-hybridized carbons (Fsp3) is 0.500. The molecule has 0 saturated heterocycles. The van der Waals surface area contributed by atoms with E-state index in [-0.39, 0.29) is 18.2 Å². The smallest absolute Gasteiger partial charge is 0.326 e. The van der Waals surface area contributed by atoms with Gasteiger partial charge in [-0.3, -0.25) is 4.79 Å². The minimum Gasteiger partial charge on any atom is -0.480 e. The Morgan fingerprint density at radius 2 is 1.95 bits per heavy atom. The third kappa shape index (κ3) is 4.37. The van der Waals surface area contributed by atoms with Crippen LogP contribution in [-0.4, -0.2) is 23.0 Å². The molecular weight excluding hydrogens is 254 g/mol. The van der Waals surface area contributed by atoms with Gasteiger partial charge in [0, 0.05) is 0 Å². The number of carbonyl (C=O) groups excluding carboxylic acids is 1. The first-order valence-electron chi connectivity index (χ1n) is 6.93. The highest BCUT2D eigenvalue weighted by molar-refractivity contribution is 5.85. The van der Waals surface area contributed by atoms with Crippen molar-refractivity contribution in [3.05, 3.63) is 34.9 Å². The highest BCUT2D eigenvalue weighted by Crippen LogP contribution is 2.12. The predicted molar refractivity (Wildman–Crippen MR) is 78.6 cm³/mol. The third-order valence-corrected chi connectivity index (χ3v) is 3.65. The Balaban J connectivity index is 2.75. The number of rotatable bonds is 6. The predicted octanol–water partition coefficient (Wildman–Crippen LogP) is 2.46. The summed E-state index contributed by atoms with van der Waals surface area (Å²) in [7, 11) is 0. The van der Waals surface area contributed by atoms with Gasteiger partial charge in [0.05, 0.1) is 6.42 Å². The van der Waals surface area contributed by atoms with Gasteiger partial charge in [-0.05, 0) is 30.9 Å². The lowest BCUT2D eigenvalue weighted by Crippen LogP contribution is -2.45. The minimum atomic E-state index is -0.978. The Morgan fingerprint density at radius 1 is 1.30 bits per heavy atom. The number of nitrogens with one attached hydrogen (secondary N) is 1. The molecule has 1 aromatic carbocycles. The molecule has 4 heteroatoms. The Kier molecular flexibility index (Phi) is 5.74. The number of hydrogen-bond donors (Lipinski definition) is 2. The van der Waals surface area contributed by atoms with Crippen LogP contribution in [0.5, 0.6) is 0 Å². The molecule has 0 aliphatic heterocycles. The quantitative estimate of drug-likeness (QED) is 0.839. The zero-order valence-corrected chi connectivity index (χ0v) is 12.6. The summed E-state index contributed by atoms with van der Waals surface area (Å²) < 4.78 is 0. The van der Waals surface area contributed by atoms with Crippen molar-refractivity contribution in [1.82, 2.24) is 5.32 Å². The van der Waals surface area contributed by atoms with Crippen LogP contribution in [0.3, 0.4) is 0 Å². The average Bonchev–Trinajstić information content (AvgIpc) is 2.39. The van der Waals surface area contributed by atoms with Gasteiger partial charge in [-0.1, -0.05) is 44.0 Å². The lowest BCUT2D eigenvalue weighted by molar-refractivity contribution is -0.143. The molecule has 2 atom stereocenters. The second kappa shape index (κ2) is 7.08. The molecule has 0 bridgehead atoms. The molecule has 0 aliphatic carbocycles. The van der Waals surface area contributed by atoms with E-state index < -0.39 is 12.0 Å². The summed E-state index contributed by atoms with van der Waals surface area (Å²) in [6, 6.07) is 5.11. The molecule has 0 heterocycles. The fourth-order valence-corrected chi connectivity index (χ4v) is 2.07. The maximum absolute atomic E-state index is 12.0. The largest absolute Gasteiger partial charge is 0.480 e. The van der Waals surface area contributed by atoms with E-state index in [1.165, 1.54) is 0 Å². The summed E-state index contributed by atoms with van der Waals surface area (Å²) in [6.45, 7) is 7.67. The molecule has 1 amide bonds. The highest BCUT2D eigenvalue weighted by Gasteiger charge is 2.25. The van der Waals surface area contributed by atoms with E-state index in [9.17, 15) is 14.7 Å². The monoisotopic (exact) mass is 277 g/mol. The number of aryl methyl sites for hydroxylation is 2. The number of carbonyl (C=O) groups is 2. The normalized spacial score (nSPS) is 13.6. The number of benzene rings is 1. The number of hydrogen-bond acceptors (Lipinski definition) is 2. The van der Waals surface area contributed by atoms with E-state index in [4.69, 9.17) is 0 Å². The molecule has 0 spiro atoms. The van der Waals surface area contributed by atoms with E-state index in [1.807, 2.05) is 45.9 Å². The van der Waals surface area contributed by atoms with Gasteiger partial charge in [0.25, 0.3) is 0 Å². The molecule has 0 aliphatic rings.